The van der Waals surface area contributed by atoms with Crippen molar-refractivity contribution in [1.29, 1.82) is 0 Å². The maximum Gasteiger partial charge on any atom is 0.247 e. The standard InChI is InChI=1S/C17H19ClN2O3S2/c1-12(17(21)19-14-7-5-9-16(11-14)24-2)20(25(3,22)23)15-8-4-6-13(18)10-15/h4-12H,1-3H3,(H,19,21). The first-order chi connectivity index (χ1) is 11.7. The van der Waals surface area contributed by atoms with Crippen molar-refractivity contribution in [2.24, 2.45) is 0 Å². The lowest BCUT2D eigenvalue weighted by molar-refractivity contribution is -0.116. The van der Waals surface area contributed by atoms with Crippen molar-refractivity contribution < 1.29 is 13.2 Å². The molecule has 2 aromatic carbocycles. The molecule has 0 heterocycles. The van der Waals surface area contributed by atoms with Crippen LogP contribution in [0.4, 0.5) is 11.4 Å². The largest absolute Gasteiger partial charge is 0.324 e. The van der Waals surface area contributed by atoms with E-state index in [9.17, 15) is 13.2 Å². The number of sulfonamides is 1. The predicted octanol–water partition coefficient (Wildman–Crippen LogP) is 3.86. The van der Waals surface area contributed by atoms with E-state index in [1.807, 2.05) is 24.5 Å². The quantitative estimate of drug-likeness (QED) is 0.750. The van der Waals surface area contributed by atoms with Gasteiger partial charge in [0.1, 0.15) is 6.04 Å². The van der Waals surface area contributed by atoms with E-state index in [0.717, 1.165) is 15.5 Å². The van der Waals surface area contributed by atoms with Crippen LogP contribution in [0.15, 0.2) is 53.4 Å². The molecule has 0 radical (unpaired) electrons. The van der Waals surface area contributed by atoms with Crippen LogP contribution in [-0.4, -0.2) is 32.9 Å². The lowest BCUT2D eigenvalue weighted by Gasteiger charge is -2.28. The molecule has 1 N–H and O–H groups in total. The van der Waals surface area contributed by atoms with E-state index < -0.39 is 22.0 Å². The fourth-order valence-corrected chi connectivity index (χ4v) is 4.18. The Bertz CT molecular complexity index is 872. The van der Waals surface area contributed by atoms with Crippen molar-refractivity contribution in [2.75, 3.05) is 22.1 Å². The van der Waals surface area contributed by atoms with Gasteiger partial charge in [-0.25, -0.2) is 8.42 Å². The van der Waals surface area contributed by atoms with Crippen LogP contribution < -0.4 is 9.62 Å². The summed E-state index contributed by atoms with van der Waals surface area (Å²) in [5.74, 6) is -0.427. The minimum atomic E-state index is -3.67. The van der Waals surface area contributed by atoms with Crippen LogP contribution in [0.1, 0.15) is 6.92 Å². The molecule has 2 aromatic rings. The molecule has 5 nitrogen and oxygen atoms in total. The van der Waals surface area contributed by atoms with Gasteiger partial charge in [0, 0.05) is 15.6 Å². The number of thioether (sulfide) groups is 1. The van der Waals surface area contributed by atoms with Crippen LogP contribution in [0.2, 0.25) is 5.02 Å². The number of benzene rings is 2. The molecule has 1 amide bonds. The summed E-state index contributed by atoms with van der Waals surface area (Å²) in [6, 6.07) is 12.8. The highest BCUT2D eigenvalue weighted by Gasteiger charge is 2.29. The van der Waals surface area contributed by atoms with Gasteiger partial charge in [-0.2, -0.15) is 0 Å². The second kappa shape index (κ2) is 8.12. The third kappa shape index (κ3) is 5.14. The smallest absolute Gasteiger partial charge is 0.247 e. The third-order valence-corrected chi connectivity index (χ3v) is 5.69. The van der Waals surface area contributed by atoms with E-state index in [2.05, 4.69) is 5.32 Å². The summed E-state index contributed by atoms with van der Waals surface area (Å²) < 4.78 is 25.5. The van der Waals surface area contributed by atoms with Crippen molar-refractivity contribution in [3.63, 3.8) is 0 Å². The fraction of sp³-hybridized carbons (Fsp3) is 0.235. The average molecular weight is 399 g/mol. The zero-order valence-corrected chi connectivity index (χ0v) is 16.5. The van der Waals surface area contributed by atoms with Gasteiger partial charge in [-0.05, 0) is 49.6 Å². The summed E-state index contributed by atoms with van der Waals surface area (Å²) in [5.41, 5.74) is 0.957. The first-order valence-electron chi connectivity index (χ1n) is 7.42. The Morgan fingerprint density at radius 3 is 2.48 bits per heavy atom. The monoisotopic (exact) mass is 398 g/mol. The SMILES string of the molecule is CSc1cccc(NC(=O)C(C)N(c2cccc(Cl)c2)S(C)(=O)=O)c1. The Balaban J connectivity index is 2.30. The second-order valence-corrected chi connectivity index (χ2v) is 8.61. The highest BCUT2D eigenvalue weighted by molar-refractivity contribution is 7.98. The van der Waals surface area contributed by atoms with E-state index in [1.165, 1.54) is 13.0 Å². The van der Waals surface area contributed by atoms with Gasteiger partial charge in [0.25, 0.3) is 0 Å². The summed E-state index contributed by atoms with van der Waals surface area (Å²) in [4.78, 5) is 13.6. The van der Waals surface area contributed by atoms with E-state index in [1.54, 1.807) is 36.0 Å². The summed E-state index contributed by atoms with van der Waals surface area (Å²) in [5, 5.41) is 3.16. The molecular weight excluding hydrogens is 380 g/mol. The first-order valence-corrected chi connectivity index (χ1v) is 10.9. The van der Waals surface area contributed by atoms with E-state index >= 15 is 0 Å². The normalized spacial score (nSPS) is 12.5. The molecule has 0 fully saturated rings. The van der Waals surface area contributed by atoms with Gasteiger partial charge in [0.15, 0.2) is 0 Å². The van der Waals surface area contributed by atoms with Gasteiger partial charge in [-0.3, -0.25) is 9.10 Å². The summed E-state index contributed by atoms with van der Waals surface area (Å²) >= 11 is 7.52. The van der Waals surface area contributed by atoms with E-state index in [4.69, 9.17) is 11.6 Å². The number of anilines is 2. The lowest BCUT2D eigenvalue weighted by Crippen LogP contribution is -2.45. The lowest BCUT2D eigenvalue weighted by atomic mass is 10.2. The van der Waals surface area contributed by atoms with Crippen LogP contribution in [0.5, 0.6) is 0 Å². The molecule has 25 heavy (non-hydrogen) atoms. The number of nitrogens with zero attached hydrogens (tertiary/aromatic N) is 1. The molecule has 1 unspecified atom stereocenters. The molecule has 1 atom stereocenters. The number of amides is 1. The molecule has 0 aromatic heterocycles. The van der Waals surface area contributed by atoms with Crippen molar-refractivity contribution in [1.82, 2.24) is 0 Å². The van der Waals surface area contributed by atoms with Crippen molar-refractivity contribution in [2.45, 2.75) is 17.9 Å². The maximum absolute atomic E-state index is 12.6. The van der Waals surface area contributed by atoms with Gasteiger partial charge in [-0.1, -0.05) is 23.7 Å². The molecule has 0 saturated heterocycles. The van der Waals surface area contributed by atoms with Crippen LogP contribution in [0.3, 0.4) is 0 Å². The topological polar surface area (TPSA) is 66.5 Å². The summed E-state index contributed by atoms with van der Waals surface area (Å²) in [7, 11) is -3.67. The van der Waals surface area contributed by atoms with Crippen molar-refractivity contribution >= 4 is 50.7 Å². The Labute approximate surface area is 157 Å². The summed E-state index contributed by atoms with van der Waals surface area (Å²) in [6.07, 6.45) is 3.00. The Morgan fingerprint density at radius 2 is 1.88 bits per heavy atom. The number of hydrogen-bond acceptors (Lipinski definition) is 4. The van der Waals surface area contributed by atoms with Gasteiger partial charge < -0.3 is 5.32 Å². The number of hydrogen-bond donors (Lipinski definition) is 1. The average Bonchev–Trinajstić information content (AvgIpc) is 2.53. The molecule has 0 aliphatic carbocycles. The Hall–Kier alpha value is -1.70. The molecule has 0 aliphatic heterocycles. The Morgan fingerprint density at radius 1 is 1.20 bits per heavy atom. The zero-order valence-electron chi connectivity index (χ0n) is 14.1. The molecule has 134 valence electrons. The highest BCUT2D eigenvalue weighted by Crippen LogP contribution is 2.25. The number of carbonyl (C=O) groups is 1. The van der Waals surface area contributed by atoms with Crippen LogP contribution in [0.25, 0.3) is 0 Å². The first kappa shape index (κ1) is 19.6. The number of halogens is 1. The third-order valence-electron chi connectivity index (χ3n) is 3.49. The predicted molar refractivity (Wildman–Crippen MR) is 105 cm³/mol. The van der Waals surface area contributed by atoms with Gasteiger partial charge in [0.2, 0.25) is 15.9 Å². The molecule has 8 heteroatoms. The minimum Gasteiger partial charge on any atom is -0.324 e. The van der Waals surface area contributed by atoms with Crippen LogP contribution in [-0.2, 0) is 14.8 Å². The highest BCUT2D eigenvalue weighted by atomic mass is 35.5. The van der Waals surface area contributed by atoms with Crippen LogP contribution in [0, 0.1) is 0 Å². The maximum atomic E-state index is 12.6. The van der Waals surface area contributed by atoms with Crippen molar-refractivity contribution in [3.05, 3.63) is 53.6 Å². The van der Waals surface area contributed by atoms with Gasteiger partial charge in [-0.15, -0.1) is 11.8 Å². The number of rotatable bonds is 6. The van der Waals surface area contributed by atoms with Gasteiger partial charge in [0.05, 0.1) is 11.9 Å². The molecule has 0 spiro atoms. The molecule has 0 aliphatic rings. The Kier molecular flexibility index (Phi) is 6.37. The fourth-order valence-electron chi connectivity index (χ4n) is 2.37. The molecule has 2 rings (SSSR count). The van der Waals surface area contributed by atoms with Crippen molar-refractivity contribution in [3.8, 4) is 0 Å². The van der Waals surface area contributed by atoms with Crippen LogP contribution >= 0.6 is 23.4 Å². The van der Waals surface area contributed by atoms with E-state index in [-0.39, 0.29) is 0 Å². The van der Waals surface area contributed by atoms with E-state index in [0.29, 0.717) is 16.4 Å². The zero-order chi connectivity index (χ0) is 18.6. The molecular formula is C17H19ClN2O3S2. The molecule has 0 bridgehead atoms. The minimum absolute atomic E-state index is 0.343. The molecule has 0 saturated carbocycles. The van der Waals surface area contributed by atoms with Gasteiger partial charge >= 0.3 is 0 Å². The summed E-state index contributed by atoms with van der Waals surface area (Å²) in [6.45, 7) is 1.54. The number of carbonyl (C=O) groups excluding carboxylic acids is 1. The number of nitrogens with one attached hydrogen (secondary N) is 1. The second-order valence-electron chi connectivity index (χ2n) is 5.44.